The SMILES string of the molecule is CC(C)N1CCc2c(n(C)c3ccccc23)C1. The number of fused-ring (bicyclic) bond motifs is 3. The lowest BCUT2D eigenvalue weighted by Gasteiger charge is -2.31. The molecule has 2 aromatic rings. The molecule has 0 fully saturated rings. The van der Waals surface area contributed by atoms with Crippen LogP contribution in [0.5, 0.6) is 0 Å². The molecule has 2 nitrogen and oxygen atoms in total. The van der Waals surface area contributed by atoms with Gasteiger partial charge in [-0.25, -0.2) is 0 Å². The Kier molecular flexibility index (Phi) is 2.48. The predicted molar refractivity (Wildman–Crippen MR) is 72.2 cm³/mol. The van der Waals surface area contributed by atoms with E-state index < -0.39 is 0 Å². The van der Waals surface area contributed by atoms with Gasteiger partial charge >= 0.3 is 0 Å². The van der Waals surface area contributed by atoms with Crippen molar-refractivity contribution in [3.05, 3.63) is 35.5 Å². The highest BCUT2D eigenvalue weighted by atomic mass is 15.2. The molecular formula is C15H20N2. The molecular weight excluding hydrogens is 208 g/mol. The number of para-hydroxylation sites is 1. The van der Waals surface area contributed by atoms with Crippen molar-refractivity contribution in [1.29, 1.82) is 0 Å². The Bertz CT molecular complexity index is 551. The van der Waals surface area contributed by atoms with Crippen molar-refractivity contribution in [2.45, 2.75) is 32.9 Å². The Labute approximate surface area is 103 Å². The van der Waals surface area contributed by atoms with Gasteiger partial charge < -0.3 is 4.57 Å². The average molecular weight is 228 g/mol. The molecule has 1 aliphatic rings. The van der Waals surface area contributed by atoms with E-state index in [-0.39, 0.29) is 0 Å². The van der Waals surface area contributed by atoms with Crippen molar-refractivity contribution < 1.29 is 0 Å². The molecule has 1 aliphatic heterocycles. The molecule has 0 N–H and O–H groups in total. The fourth-order valence-corrected chi connectivity index (χ4v) is 2.97. The first-order valence-electron chi connectivity index (χ1n) is 6.47. The molecule has 17 heavy (non-hydrogen) atoms. The maximum absolute atomic E-state index is 2.56. The van der Waals surface area contributed by atoms with Crippen molar-refractivity contribution in [3.8, 4) is 0 Å². The topological polar surface area (TPSA) is 8.17 Å². The van der Waals surface area contributed by atoms with E-state index in [0.29, 0.717) is 6.04 Å². The van der Waals surface area contributed by atoms with Gasteiger partial charge in [0.1, 0.15) is 0 Å². The monoisotopic (exact) mass is 228 g/mol. The van der Waals surface area contributed by atoms with E-state index in [4.69, 9.17) is 0 Å². The van der Waals surface area contributed by atoms with Gasteiger partial charge in [0.05, 0.1) is 0 Å². The number of benzene rings is 1. The molecule has 0 bridgehead atoms. The largest absolute Gasteiger partial charge is 0.346 e. The van der Waals surface area contributed by atoms with Crippen LogP contribution in [0.1, 0.15) is 25.1 Å². The molecule has 90 valence electrons. The number of rotatable bonds is 1. The third-order valence-corrected chi connectivity index (χ3v) is 4.08. The molecule has 0 radical (unpaired) electrons. The fourth-order valence-electron chi connectivity index (χ4n) is 2.97. The maximum Gasteiger partial charge on any atom is 0.0483 e. The van der Waals surface area contributed by atoms with Crippen molar-refractivity contribution in [2.24, 2.45) is 7.05 Å². The summed E-state index contributed by atoms with van der Waals surface area (Å²) in [4.78, 5) is 2.56. The Morgan fingerprint density at radius 1 is 1.18 bits per heavy atom. The zero-order chi connectivity index (χ0) is 12.0. The van der Waals surface area contributed by atoms with E-state index in [0.717, 1.165) is 6.54 Å². The molecule has 2 heterocycles. The lowest BCUT2D eigenvalue weighted by atomic mass is 10.0. The highest BCUT2D eigenvalue weighted by Gasteiger charge is 2.23. The molecule has 0 aliphatic carbocycles. The number of nitrogens with zero attached hydrogens (tertiary/aromatic N) is 2. The summed E-state index contributed by atoms with van der Waals surface area (Å²) in [5.74, 6) is 0. The zero-order valence-electron chi connectivity index (χ0n) is 10.9. The third-order valence-electron chi connectivity index (χ3n) is 4.08. The number of aromatic nitrogens is 1. The highest BCUT2D eigenvalue weighted by molar-refractivity contribution is 5.85. The second kappa shape index (κ2) is 3.88. The van der Waals surface area contributed by atoms with Crippen LogP contribution in [0, 0.1) is 0 Å². The van der Waals surface area contributed by atoms with Gasteiger partial charge in [0.15, 0.2) is 0 Å². The van der Waals surface area contributed by atoms with Gasteiger partial charge in [0.25, 0.3) is 0 Å². The lowest BCUT2D eigenvalue weighted by Crippen LogP contribution is -2.36. The van der Waals surface area contributed by atoms with Crippen LogP contribution in [0.3, 0.4) is 0 Å². The van der Waals surface area contributed by atoms with Gasteiger partial charge in [0.2, 0.25) is 0 Å². The molecule has 0 atom stereocenters. The van der Waals surface area contributed by atoms with Crippen LogP contribution >= 0.6 is 0 Å². The highest BCUT2D eigenvalue weighted by Crippen LogP contribution is 2.30. The first-order chi connectivity index (χ1) is 8.18. The molecule has 3 rings (SSSR count). The Morgan fingerprint density at radius 3 is 2.71 bits per heavy atom. The van der Waals surface area contributed by atoms with Crippen LogP contribution in [0.4, 0.5) is 0 Å². The van der Waals surface area contributed by atoms with Gasteiger partial charge in [-0.15, -0.1) is 0 Å². The summed E-state index contributed by atoms with van der Waals surface area (Å²) < 4.78 is 2.37. The standard InChI is InChI=1S/C15H20N2/c1-11(2)17-9-8-13-12-6-4-5-7-14(12)16(3)15(13)10-17/h4-7,11H,8-10H2,1-3H3. The first-order valence-corrected chi connectivity index (χ1v) is 6.47. The molecule has 0 saturated heterocycles. The Morgan fingerprint density at radius 2 is 1.94 bits per heavy atom. The van der Waals surface area contributed by atoms with E-state index in [1.54, 1.807) is 5.56 Å². The van der Waals surface area contributed by atoms with Crippen molar-refractivity contribution in [3.63, 3.8) is 0 Å². The predicted octanol–water partition coefficient (Wildman–Crippen LogP) is 2.94. The molecule has 1 aromatic heterocycles. The van der Waals surface area contributed by atoms with Crippen LogP contribution < -0.4 is 0 Å². The second-order valence-electron chi connectivity index (χ2n) is 5.32. The van der Waals surface area contributed by atoms with Crippen molar-refractivity contribution >= 4 is 10.9 Å². The summed E-state index contributed by atoms with van der Waals surface area (Å²) in [6.07, 6.45) is 1.19. The fraction of sp³-hybridized carbons (Fsp3) is 0.467. The van der Waals surface area contributed by atoms with Crippen molar-refractivity contribution in [2.75, 3.05) is 6.54 Å². The quantitative estimate of drug-likeness (QED) is 0.728. The Balaban J connectivity index is 2.14. The van der Waals surface area contributed by atoms with Crippen molar-refractivity contribution in [1.82, 2.24) is 9.47 Å². The van der Waals surface area contributed by atoms with Gasteiger partial charge in [-0.3, -0.25) is 4.90 Å². The number of hydrogen-bond donors (Lipinski definition) is 0. The van der Waals surface area contributed by atoms with Crippen LogP contribution in [0.15, 0.2) is 24.3 Å². The van der Waals surface area contributed by atoms with Gasteiger partial charge in [0, 0.05) is 42.8 Å². The summed E-state index contributed by atoms with van der Waals surface area (Å²) in [6, 6.07) is 9.42. The smallest absolute Gasteiger partial charge is 0.0483 e. The van der Waals surface area contributed by atoms with E-state index in [1.165, 1.54) is 29.6 Å². The lowest BCUT2D eigenvalue weighted by molar-refractivity contribution is 0.199. The summed E-state index contributed by atoms with van der Waals surface area (Å²) in [5, 5.41) is 1.45. The minimum Gasteiger partial charge on any atom is -0.346 e. The summed E-state index contributed by atoms with van der Waals surface area (Å²) in [6.45, 7) is 6.86. The maximum atomic E-state index is 2.56. The molecule has 1 aromatic carbocycles. The van der Waals surface area contributed by atoms with Crippen LogP contribution in [-0.2, 0) is 20.0 Å². The minimum atomic E-state index is 0.640. The van der Waals surface area contributed by atoms with E-state index in [9.17, 15) is 0 Å². The number of aryl methyl sites for hydroxylation is 1. The minimum absolute atomic E-state index is 0.640. The molecule has 0 amide bonds. The van der Waals surface area contributed by atoms with Gasteiger partial charge in [-0.2, -0.15) is 0 Å². The van der Waals surface area contributed by atoms with E-state index in [1.807, 2.05) is 0 Å². The summed E-state index contributed by atoms with van der Waals surface area (Å²) in [5.41, 5.74) is 4.45. The zero-order valence-corrected chi connectivity index (χ0v) is 10.9. The molecule has 2 heteroatoms. The van der Waals surface area contributed by atoms with Crippen LogP contribution in [-0.4, -0.2) is 22.1 Å². The van der Waals surface area contributed by atoms with Gasteiger partial charge in [-0.05, 0) is 31.9 Å². The molecule has 0 spiro atoms. The third kappa shape index (κ3) is 1.59. The normalized spacial score (nSPS) is 16.7. The summed E-state index contributed by atoms with van der Waals surface area (Å²) >= 11 is 0. The number of hydrogen-bond acceptors (Lipinski definition) is 1. The van der Waals surface area contributed by atoms with Gasteiger partial charge in [-0.1, -0.05) is 18.2 Å². The molecule has 0 unspecified atom stereocenters. The summed E-state index contributed by atoms with van der Waals surface area (Å²) in [7, 11) is 2.20. The van der Waals surface area contributed by atoms with Crippen LogP contribution in [0.25, 0.3) is 10.9 Å². The average Bonchev–Trinajstić information content (AvgIpc) is 2.64. The first kappa shape index (κ1) is 10.8. The Hall–Kier alpha value is -1.28. The second-order valence-corrected chi connectivity index (χ2v) is 5.32. The molecule has 0 saturated carbocycles. The van der Waals surface area contributed by atoms with E-state index in [2.05, 4.69) is 54.6 Å². The van der Waals surface area contributed by atoms with Crippen LogP contribution in [0.2, 0.25) is 0 Å². The van der Waals surface area contributed by atoms with E-state index >= 15 is 0 Å².